The summed E-state index contributed by atoms with van der Waals surface area (Å²) in [5.41, 5.74) is 5.84. The first-order valence-electron chi connectivity index (χ1n) is 7.27. The highest BCUT2D eigenvalue weighted by molar-refractivity contribution is 5.85. The van der Waals surface area contributed by atoms with E-state index in [4.69, 9.17) is 5.73 Å². The zero-order valence-corrected chi connectivity index (χ0v) is 12.4. The first-order valence-corrected chi connectivity index (χ1v) is 7.27. The molecule has 2 amide bonds. The van der Waals surface area contributed by atoms with Crippen LogP contribution in [-0.2, 0) is 9.59 Å². The Morgan fingerprint density at radius 1 is 1.11 bits per heavy atom. The average molecular weight is 269 g/mol. The smallest absolute Gasteiger partial charge is 0.242 e. The van der Waals surface area contributed by atoms with E-state index >= 15 is 0 Å². The number of likely N-dealkylation sites (N-methyl/N-ethyl adjacent to an activating group) is 2. The summed E-state index contributed by atoms with van der Waals surface area (Å²) in [4.78, 5) is 27.5. The number of hydrogen-bond acceptors (Lipinski definition) is 3. The number of carbonyl (C=O) groups is 2. The lowest BCUT2D eigenvalue weighted by Gasteiger charge is -2.29. The highest BCUT2D eigenvalue weighted by Gasteiger charge is 2.28. The minimum Gasteiger partial charge on any atom is -0.342 e. The Morgan fingerprint density at radius 3 is 2.11 bits per heavy atom. The molecule has 2 N–H and O–H groups in total. The Bertz CT molecular complexity index is 308. The first kappa shape index (κ1) is 16.0. The van der Waals surface area contributed by atoms with Crippen molar-refractivity contribution in [3.05, 3.63) is 0 Å². The van der Waals surface area contributed by atoms with E-state index in [9.17, 15) is 9.59 Å². The van der Waals surface area contributed by atoms with Crippen molar-refractivity contribution in [3.8, 4) is 0 Å². The number of carbonyl (C=O) groups excluding carboxylic acids is 2. The van der Waals surface area contributed by atoms with Gasteiger partial charge < -0.3 is 15.5 Å². The summed E-state index contributed by atoms with van der Waals surface area (Å²) >= 11 is 0. The van der Waals surface area contributed by atoms with Crippen LogP contribution in [0.5, 0.6) is 0 Å². The summed E-state index contributed by atoms with van der Waals surface area (Å²) in [6.45, 7) is 5.46. The molecule has 1 fully saturated rings. The van der Waals surface area contributed by atoms with Gasteiger partial charge in [-0.25, -0.2) is 0 Å². The lowest BCUT2D eigenvalue weighted by atomic mass is 9.85. The van der Waals surface area contributed by atoms with Gasteiger partial charge in [0.15, 0.2) is 0 Å². The van der Waals surface area contributed by atoms with E-state index in [-0.39, 0.29) is 30.3 Å². The van der Waals surface area contributed by atoms with Crippen molar-refractivity contribution < 1.29 is 9.59 Å². The van der Waals surface area contributed by atoms with Crippen LogP contribution in [0.2, 0.25) is 0 Å². The van der Waals surface area contributed by atoms with Crippen LogP contribution < -0.4 is 5.73 Å². The van der Waals surface area contributed by atoms with Gasteiger partial charge in [0.25, 0.3) is 0 Å². The van der Waals surface area contributed by atoms with Gasteiger partial charge in [-0.15, -0.1) is 0 Å². The lowest BCUT2D eigenvalue weighted by molar-refractivity contribution is -0.142. The number of nitrogens with two attached hydrogens (primary N) is 1. The van der Waals surface area contributed by atoms with E-state index in [0.717, 1.165) is 25.7 Å². The summed E-state index contributed by atoms with van der Waals surface area (Å²) < 4.78 is 0. The molecule has 0 aliphatic heterocycles. The molecule has 5 nitrogen and oxygen atoms in total. The fraction of sp³-hybridized carbons (Fsp3) is 0.857. The van der Waals surface area contributed by atoms with E-state index in [2.05, 4.69) is 0 Å². The Kier molecular flexibility index (Phi) is 6.28. The minimum absolute atomic E-state index is 0.0216. The van der Waals surface area contributed by atoms with Crippen LogP contribution in [0.15, 0.2) is 0 Å². The molecule has 0 aromatic carbocycles. The van der Waals surface area contributed by atoms with Crippen molar-refractivity contribution >= 4 is 11.8 Å². The van der Waals surface area contributed by atoms with Crippen LogP contribution in [0.3, 0.4) is 0 Å². The molecule has 5 heteroatoms. The van der Waals surface area contributed by atoms with Crippen molar-refractivity contribution in [2.75, 3.05) is 26.7 Å². The zero-order valence-electron chi connectivity index (χ0n) is 12.4. The van der Waals surface area contributed by atoms with Gasteiger partial charge in [0, 0.05) is 32.1 Å². The third-order valence-corrected chi connectivity index (χ3v) is 3.99. The van der Waals surface area contributed by atoms with Gasteiger partial charge in [-0.2, -0.15) is 0 Å². The molecule has 0 saturated heterocycles. The van der Waals surface area contributed by atoms with E-state index in [0.29, 0.717) is 13.1 Å². The van der Waals surface area contributed by atoms with Gasteiger partial charge in [-0.05, 0) is 39.5 Å². The van der Waals surface area contributed by atoms with Crippen LogP contribution in [0.4, 0.5) is 0 Å². The third-order valence-electron chi connectivity index (χ3n) is 3.99. The second-order valence-electron chi connectivity index (χ2n) is 5.37. The third kappa shape index (κ3) is 4.49. The maximum atomic E-state index is 12.3. The minimum atomic E-state index is 0.0216. The van der Waals surface area contributed by atoms with Crippen molar-refractivity contribution in [2.45, 2.75) is 45.6 Å². The van der Waals surface area contributed by atoms with Crippen molar-refractivity contribution in [2.24, 2.45) is 11.7 Å². The summed E-state index contributed by atoms with van der Waals surface area (Å²) in [5.74, 6) is 0.162. The fourth-order valence-corrected chi connectivity index (χ4v) is 2.63. The van der Waals surface area contributed by atoms with Crippen LogP contribution in [-0.4, -0.2) is 54.3 Å². The average Bonchev–Trinajstić information content (AvgIpc) is 2.40. The second kappa shape index (κ2) is 7.48. The quantitative estimate of drug-likeness (QED) is 0.804. The van der Waals surface area contributed by atoms with Crippen LogP contribution >= 0.6 is 0 Å². The summed E-state index contributed by atoms with van der Waals surface area (Å²) in [6.07, 6.45) is 3.52. The van der Waals surface area contributed by atoms with E-state index in [1.807, 2.05) is 13.8 Å². The highest BCUT2D eigenvalue weighted by atomic mass is 16.2. The molecule has 0 heterocycles. The van der Waals surface area contributed by atoms with Crippen molar-refractivity contribution in [3.63, 3.8) is 0 Å². The summed E-state index contributed by atoms with van der Waals surface area (Å²) in [5, 5.41) is 0. The molecule has 0 spiro atoms. The van der Waals surface area contributed by atoms with E-state index < -0.39 is 0 Å². The fourth-order valence-electron chi connectivity index (χ4n) is 2.63. The molecular weight excluding hydrogens is 242 g/mol. The molecule has 0 aromatic heterocycles. The normalized spacial score (nSPS) is 22.9. The zero-order chi connectivity index (χ0) is 14.4. The number of rotatable bonds is 5. The van der Waals surface area contributed by atoms with Crippen LogP contribution in [0.25, 0.3) is 0 Å². The standard InChI is InChI=1S/C14H27N3O2/c1-4-17(5-2)13(18)10-16(3)14(19)11-6-8-12(15)9-7-11/h11-12H,4-10,15H2,1-3H3. The van der Waals surface area contributed by atoms with E-state index in [1.165, 1.54) is 0 Å². The van der Waals surface area contributed by atoms with Gasteiger partial charge in [0.1, 0.15) is 0 Å². The topological polar surface area (TPSA) is 66.6 Å². The Morgan fingerprint density at radius 2 is 1.63 bits per heavy atom. The maximum Gasteiger partial charge on any atom is 0.242 e. The largest absolute Gasteiger partial charge is 0.342 e. The van der Waals surface area contributed by atoms with Crippen LogP contribution in [0, 0.1) is 5.92 Å². The first-order chi connectivity index (χ1) is 8.99. The molecular formula is C14H27N3O2. The molecule has 0 atom stereocenters. The number of amides is 2. The Balaban J connectivity index is 2.46. The number of hydrogen-bond donors (Lipinski definition) is 1. The van der Waals surface area contributed by atoms with Gasteiger partial charge in [0.2, 0.25) is 11.8 Å². The molecule has 1 saturated carbocycles. The SMILES string of the molecule is CCN(CC)C(=O)CN(C)C(=O)C1CCC(N)CC1. The molecule has 1 aliphatic carbocycles. The van der Waals surface area contributed by atoms with Gasteiger partial charge in [-0.1, -0.05) is 0 Å². The van der Waals surface area contributed by atoms with Gasteiger partial charge in [0.05, 0.1) is 6.54 Å². The monoisotopic (exact) mass is 269 g/mol. The predicted molar refractivity (Wildman–Crippen MR) is 75.5 cm³/mol. The Hall–Kier alpha value is -1.10. The van der Waals surface area contributed by atoms with E-state index in [1.54, 1.807) is 16.8 Å². The molecule has 1 aliphatic rings. The maximum absolute atomic E-state index is 12.3. The lowest BCUT2D eigenvalue weighted by Crippen LogP contribution is -2.44. The molecule has 0 unspecified atom stereocenters. The molecule has 0 aromatic rings. The highest BCUT2D eigenvalue weighted by Crippen LogP contribution is 2.24. The molecule has 1 rings (SSSR count). The predicted octanol–water partition coefficient (Wildman–Crippen LogP) is 0.831. The summed E-state index contributed by atoms with van der Waals surface area (Å²) in [7, 11) is 1.72. The summed E-state index contributed by atoms with van der Waals surface area (Å²) in [6, 6.07) is 0.242. The second-order valence-corrected chi connectivity index (χ2v) is 5.37. The molecule has 19 heavy (non-hydrogen) atoms. The molecule has 0 radical (unpaired) electrons. The van der Waals surface area contributed by atoms with Gasteiger partial charge >= 0.3 is 0 Å². The molecule has 0 bridgehead atoms. The van der Waals surface area contributed by atoms with Crippen molar-refractivity contribution in [1.82, 2.24) is 9.80 Å². The Labute approximate surface area is 116 Å². The van der Waals surface area contributed by atoms with Crippen LogP contribution in [0.1, 0.15) is 39.5 Å². The van der Waals surface area contributed by atoms with Gasteiger partial charge in [-0.3, -0.25) is 9.59 Å². The molecule has 110 valence electrons. The van der Waals surface area contributed by atoms with Crippen molar-refractivity contribution in [1.29, 1.82) is 0 Å². The number of nitrogens with zero attached hydrogens (tertiary/aromatic N) is 2.